The van der Waals surface area contributed by atoms with Crippen LogP contribution in [-0.2, 0) is 6.54 Å². The molecule has 0 saturated heterocycles. The van der Waals surface area contributed by atoms with Crippen molar-refractivity contribution in [1.29, 1.82) is 0 Å². The number of aromatic nitrogens is 2. The van der Waals surface area contributed by atoms with Gasteiger partial charge >= 0.3 is 6.03 Å². The maximum absolute atomic E-state index is 11.9. The minimum Gasteiger partial charge on any atom is -0.336 e. The fourth-order valence-electron chi connectivity index (χ4n) is 2.91. The molecule has 25 heavy (non-hydrogen) atoms. The van der Waals surface area contributed by atoms with Crippen LogP contribution < -0.4 is 10.6 Å². The Kier molecular flexibility index (Phi) is 5.14. The number of carbonyl (C=O) groups is 1. The van der Waals surface area contributed by atoms with Crippen LogP contribution in [0.2, 0.25) is 0 Å². The highest BCUT2D eigenvalue weighted by molar-refractivity contribution is 5.89. The molecule has 0 bridgehead atoms. The van der Waals surface area contributed by atoms with Crippen LogP contribution in [-0.4, -0.2) is 22.4 Å². The summed E-state index contributed by atoms with van der Waals surface area (Å²) in [6.45, 7) is 5.21. The summed E-state index contributed by atoms with van der Waals surface area (Å²) in [5, 5.41) is 10.3. The van der Waals surface area contributed by atoms with Crippen LogP contribution in [0, 0.1) is 13.8 Å². The first-order valence-electron chi connectivity index (χ1n) is 8.34. The molecule has 5 nitrogen and oxygen atoms in total. The lowest BCUT2D eigenvalue weighted by Crippen LogP contribution is -2.31. The molecule has 3 aromatic rings. The van der Waals surface area contributed by atoms with E-state index in [4.69, 9.17) is 0 Å². The highest BCUT2D eigenvalue weighted by atomic mass is 16.2. The van der Waals surface area contributed by atoms with Crippen molar-refractivity contribution >= 4 is 11.7 Å². The smallest absolute Gasteiger partial charge is 0.319 e. The Morgan fingerprint density at radius 3 is 2.32 bits per heavy atom. The maximum atomic E-state index is 11.9. The zero-order valence-electron chi connectivity index (χ0n) is 14.5. The van der Waals surface area contributed by atoms with Gasteiger partial charge in [-0.2, -0.15) is 5.10 Å². The van der Waals surface area contributed by atoms with Crippen molar-refractivity contribution in [2.24, 2.45) is 0 Å². The summed E-state index contributed by atoms with van der Waals surface area (Å²) in [7, 11) is 0. The largest absolute Gasteiger partial charge is 0.336 e. The average Bonchev–Trinajstić information content (AvgIpc) is 2.90. The molecule has 0 aliphatic rings. The van der Waals surface area contributed by atoms with Gasteiger partial charge in [0.2, 0.25) is 0 Å². The quantitative estimate of drug-likeness (QED) is 0.741. The van der Waals surface area contributed by atoms with E-state index in [1.54, 1.807) is 0 Å². The lowest BCUT2D eigenvalue weighted by molar-refractivity contribution is 0.251. The molecular weight excluding hydrogens is 312 g/mol. The number of rotatable bonds is 5. The van der Waals surface area contributed by atoms with Crippen molar-refractivity contribution in [2.45, 2.75) is 20.4 Å². The van der Waals surface area contributed by atoms with Crippen molar-refractivity contribution < 1.29 is 4.79 Å². The number of benzene rings is 2. The highest BCUT2D eigenvalue weighted by Crippen LogP contribution is 2.26. The topological polar surface area (TPSA) is 59.0 Å². The van der Waals surface area contributed by atoms with Crippen LogP contribution in [0.3, 0.4) is 0 Å². The summed E-state index contributed by atoms with van der Waals surface area (Å²) in [4.78, 5) is 11.9. The van der Waals surface area contributed by atoms with Gasteiger partial charge in [-0.15, -0.1) is 0 Å². The number of nitrogens with one attached hydrogen (secondary N) is 2. The van der Waals surface area contributed by atoms with E-state index in [1.165, 1.54) is 5.56 Å². The van der Waals surface area contributed by atoms with E-state index in [1.807, 2.05) is 60.1 Å². The molecule has 0 spiro atoms. The van der Waals surface area contributed by atoms with E-state index < -0.39 is 0 Å². The molecule has 5 heteroatoms. The molecule has 0 saturated carbocycles. The minimum atomic E-state index is -0.212. The van der Waals surface area contributed by atoms with Crippen LogP contribution >= 0.6 is 0 Å². The van der Waals surface area contributed by atoms with Crippen molar-refractivity contribution in [3.63, 3.8) is 0 Å². The molecule has 2 amide bonds. The van der Waals surface area contributed by atoms with Crippen LogP contribution in [0.5, 0.6) is 0 Å². The minimum absolute atomic E-state index is 0.212. The van der Waals surface area contributed by atoms with Crippen molar-refractivity contribution in [1.82, 2.24) is 15.1 Å². The monoisotopic (exact) mass is 334 g/mol. The van der Waals surface area contributed by atoms with Crippen LogP contribution in [0.1, 0.15) is 11.4 Å². The van der Waals surface area contributed by atoms with Gasteiger partial charge in [0, 0.05) is 23.5 Å². The summed E-state index contributed by atoms with van der Waals surface area (Å²) in [5.74, 6) is 0. The summed E-state index contributed by atoms with van der Waals surface area (Å²) in [5.41, 5.74) is 5.21. The van der Waals surface area contributed by atoms with E-state index in [9.17, 15) is 4.79 Å². The number of amides is 2. The van der Waals surface area contributed by atoms with Gasteiger partial charge in [-0.05, 0) is 31.5 Å². The molecule has 1 aromatic heterocycles. The Hall–Kier alpha value is -3.08. The summed E-state index contributed by atoms with van der Waals surface area (Å²) in [6, 6.07) is 19.4. The lowest BCUT2D eigenvalue weighted by atomic mass is 10.0. The summed E-state index contributed by atoms with van der Waals surface area (Å²) in [6.07, 6.45) is 0. The normalized spacial score (nSPS) is 10.5. The predicted octanol–water partition coefficient (Wildman–Crippen LogP) is 3.99. The number of aryl methyl sites for hydroxylation is 1. The molecule has 128 valence electrons. The second-order valence-corrected chi connectivity index (χ2v) is 5.88. The Morgan fingerprint density at radius 1 is 1.00 bits per heavy atom. The fraction of sp³-hybridized carbons (Fsp3) is 0.200. The zero-order chi connectivity index (χ0) is 17.6. The predicted molar refractivity (Wildman–Crippen MR) is 101 cm³/mol. The number of urea groups is 1. The number of hydrogen-bond donors (Lipinski definition) is 2. The van der Waals surface area contributed by atoms with Gasteiger partial charge in [-0.1, -0.05) is 48.5 Å². The van der Waals surface area contributed by atoms with Gasteiger partial charge in [0.15, 0.2) is 0 Å². The lowest BCUT2D eigenvalue weighted by Gasteiger charge is -2.09. The van der Waals surface area contributed by atoms with Gasteiger partial charge in [0.1, 0.15) is 0 Å². The average molecular weight is 334 g/mol. The van der Waals surface area contributed by atoms with Crippen molar-refractivity contribution in [2.75, 3.05) is 11.9 Å². The second-order valence-electron chi connectivity index (χ2n) is 5.88. The van der Waals surface area contributed by atoms with Gasteiger partial charge < -0.3 is 10.6 Å². The van der Waals surface area contributed by atoms with Gasteiger partial charge in [-0.25, -0.2) is 4.79 Å². The molecule has 0 fully saturated rings. The number of nitrogens with zero attached hydrogens (tertiary/aromatic N) is 2. The molecule has 0 atom stereocenters. The molecular formula is C20H22N4O. The summed E-state index contributed by atoms with van der Waals surface area (Å²) < 4.78 is 1.94. The zero-order valence-corrected chi connectivity index (χ0v) is 14.5. The number of para-hydroxylation sites is 1. The highest BCUT2D eigenvalue weighted by Gasteiger charge is 2.13. The maximum Gasteiger partial charge on any atom is 0.319 e. The first kappa shape index (κ1) is 16.8. The molecule has 0 aliphatic heterocycles. The molecule has 2 aromatic carbocycles. The molecule has 2 N–H and O–H groups in total. The third-order valence-corrected chi connectivity index (χ3v) is 4.08. The van der Waals surface area contributed by atoms with E-state index >= 15 is 0 Å². The van der Waals surface area contributed by atoms with Crippen LogP contribution in [0.25, 0.3) is 11.1 Å². The number of anilines is 1. The Bertz CT molecular complexity index is 841. The van der Waals surface area contributed by atoms with E-state index in [0.29, 0.717) is 13.1 Å². The van der Waals surface area contributed by atoms with Gasteiger partial charge in [-0.3, -0.25) is 4.68 Å². The molecule has 3 rings (SSSR count). The number of hydrogen-bond acceptors (Lipinski definition) is 2. The van der Waals surface area contributed by atoms with E-state index in [0.717, 1.165) is 22.6 Å². The molecule has 0 aliphatic carbocycles. The Morgan fingerprint density at radius 2 is 1.64 bits per heavy atom. The first-order valence-corrected chi connectivity index (χ1v) is 8.34. The van der Waals surface area contributed by atoms with Gasteiger partial charge in [0.05, 0.1) is 12.2 Å². The Balaban J connectivity index is 1.60. The van der Waals surface area contributed by atoms with E-state index in [2.05, 4.69) is 34.8 Å². The van der Waals surface area contributed by atoms with Crippen LogP contribution in [0.15, 0.2) is 60.7 Å². The van der Waals surface area contributed by atoms with Crippen LogP contribution in [0.4, 0.5) is 10.5 Å². The fourth-order valence-corrected chi connectivity index (χ4v) is 2.91. The second kappa shape index (κ2) is 7.66. The summed E-state index contributed by atoms with van der Waals surface area (Å²) >= 11 is 0. The molecule has 0 radical (unpaired) electrons. The number of carbonyl (C=O) groups excluding carboxylic acids is 1. The van der Waals surface area contributed by atoms with Crippen molar-refractivity contribution in [3.8, 4) is 11.1 Å². The SMILES string of the molecule is Cc1nn(CCNC(=O)Nc2ccccc2)c(C)c1-c1ccccc1. The third-order valence-electron chi connectivity index (χ3n) is 4.08. The Labute approximate surface area is 147 Å². The van der Waals surface area contributed by atoms with E-state index in [-0.39, 0.29) is 6.03 Å². The van der Waals surface area contributed by atoms with Gasteiger partial charge in [0.25, 0.3) is 0 Å². The van der Waals surface area contributed by atoms with Crippen molar-refractivity contribution in [3.05, 3.63) is 72.1 Å². The first-order chi connectivity index (χ1) is 12.1. The molecule has 0 unspecified atom stereocenters. The third kappa shape index (κ3) is 4.07. The standard InChI is InChI=1S/C20H22N4O/c1-15-19(17-9-5-3-6-10-17)16(2)24(23-15)14-13-21-20(25)22-18-11-7-4-8-12-18/h3-12H,13-14H2,1-2H3,(H2,21,22,25). The molecule has 1 heterocycles.